The van der Waals surface area contributed by atoms with Crippen LogP contribution in [0.3, 0.4) is 0 Å². The Morgan fingerprint density at radius 1 is 1.53 bits per heavy atom. The number of piperidine rings is 1. The number of hydrogen-bond acceptors (Lipinski definition) is 4. The number of carbonyl (C=O) groups is 1. The number of aromatic nitrogens is 2. The molecule has 1 spiro atoms. The van der Waals surface area contributed by atoms with E-state index in [4.69, 9.17) is 4.74 Å². The predicted molar refractivity (Wildman–Crippen MR) is 69.6 cm³/mol. The minimum Gasteiger partial charge on any atom is -0.373 e. The van der Waals surface area contributed by atoms with Crippen molar-refractivity contribution in [3.63, 3.8) is 0 Å². The lowest BCUT2D eigenvalue weighted by Gasteiger charge is -2.39. The van der Waals surface area contributed by atoms with Gasteiger partial charge in [0.25, 0.3) is 5.91 Å². The quantitative estimate of drug-likeness (QED) is 0.769. The Morgan fingerprint density at radius 3 is 3.11 bits per heavy atom. The van der Waals surface area contributed by atoms with Gasteiger partial charge in [0.05, 0.1) is 24.9 Å². The van der Waals surface area contributed by atoms with Gasteiger partial charge in [-0.05, 0) is 25.2 Å². The number of carbonyl (C=O) groups excluding carboxylic acids is 1. The second kappa shape index (κ2) is 4.89. The molecule has 2 fully saturated rings. The largest absolute Gasteiger partial charge is 0.373 e. The molecule has 102 valence electrons. The molecular weight excluding hydrogens is 242 g/mol. The van der Waals surface area contributed by atoms with Gasteiger partial charge in [-0.2, -0.15) is 0 Å². The van der Waals surface area contributed by atoms with Gasteiger partial charge in [0, 0.05) is 18.9 Å². The van der Waals surface area contributed by atoms with E-state index in [0.29, 0.717) is 18.2 Å². The van der Waals surface area contributed by atoms with Crippen LogP contribution in [0.25, 0.3) is 0 Å². The van der Waals surface area contributed by atoms with Gasteiger partial charge >= 0.3 is 0 Å². The smallest absolute Gasteiger partial charge is 0.274 e. The summed E-state index contributed by atoms with van der Waals surface area (Å²) in [7, 11) is 0. The van der Waals surface area contributed by atoms with Crippen LogP contribution in [0.15, 0.2) is 18.6 Å². The first-order valence-corrected chi connectivity index (χ1v) is 6.88. The van der Waals surface area contributed by atoms with Crippen LogP contribution in [0.5, 0.6) is 0 Å². The van der Waals surface area contributed by atoms with Crippen LogP contribution >= 0.6 is 0 Å². The van der Waals surface area contributed by atoms with Crippen LogP contribution in [0.2, 0.25) is 0 Å². The van der Waals surface area contributed by atoms with Crippen molar-refractivity contribution < 1.29 is 9.53 Å². The molecule has 2 aliphatic heterocycles. The van der Waals surface area contributed by atoms with E-state index < -0.39 is 0 Å². The van der Waals surface area contributed by atoms with Crippen LogP contribution in [0, 0.1) is 5.92 Å². The standard InChI is InChI=1S/C14H19N3O2/c1-11-7-14(19-9-11)3-2-6-17(10-14)13(18)12-8-15-4-5-16-12/h4-5,8,11H,2-3,6-7,9-10H2,1H3/t11-,14-/m1/s1. The third-order valence-corrected chi connectivity index (χ3v) is 4.00. The summed E-state index contributed by atoms with van der Waals surface area (Å²) in [5, 5.41) is 0. The molecule has 1 amide bonds. The Hall–Kier alpha value is -1.49. The van der Waals surface area contributed by atoms with E-state index in [1.165, 1.54) is 6.20 Å². The van der Waals surface area contributed by atoms with Crippen molar-refractivity contribution in [3.05, 3.63) is 24.3 Å². The molecular formula is C14H19N3O2. The molecule has 0 unspecified atom stereocenters. The van der Waals surface area contributed by atoms with E-state index in [1.807, 2.05) is 4.90 Å². The van der Waals surface area contributed by atoms with Gasteiger partial charge < -0.3 is 9.64 Å². The summed E-state index contributed by atoms with van der Waals surface area (Å²) < 4.78 is 5.98. The summed E-state index contributed by atoms with van der Waals surface area (Å²) in [4.78, 5) is 22.3. The number of rotatable bonds is 1. The van der Waals surface area contributed by atoms with Gasteiger partial charge in [0.15, 0.2) is 0 Å². The summed E-state index contributed by atoms with van der Waals surface area (Å²) in [6.45, 7) is 4.49. The predicted octanol–water partition coefficient (Wildman–Crippen LogP) is 1.51. The van der Waals surface area contributed by atoms with E-state index in [1.54, 1.807) is 12.4 Å². The molecule has 1 aromatic rings. The van der Waals surface area contributed by atoms with E-state index in [-0.39, 0.29) is 11.5 Å². The van der Waals surface area contributed by atoms with Gasteiger partial charge in [0.1, 0.15) is 5.69 Å². The van der Waals surface area contributed by atoms with Crippen LogP contribution in [-0.2, 0) is 4.74 Å². The minimum atomic E-state index is -0.116. The molecule has 3 rings (SSSR count). The summed E-state index contributed by atoms with van der Waals surface area (Å²) in [5.74, 6) is 0.557. The number of hydrogen-bond donors (Lipinski definition) is 0. The van der Waals surface area contributed by atoms with E-state index in [2.05, 4.69) is 16.9 Å². The van der Waals surface area contributed by atoms with Crippen LogP contribution in [0.4, 0.5) is 0 Å². The third-order valence-electron chi connectivity index (χ3n) is 4.00. The maximum atomic E-state index is 12.4. The molecule has 0 saturated carbocycles. The molecule has 19 heavy (non-hydrogen) atoms. The fourth-order valence-corrected chi connectivity index (χ4v) is 3.20. The molecule has 5 heteroatoms. The molecule has 0 bridgehead atoms. The second-order valence-electron chi connectivity index (χ2n) is 5.72. The lowest BCUT2D eigenvalue weighted by Crippen LogP contribution is -2.50. The Morgan fingerprint density at radius 2 is 2.42 bits per heavy atom. The minimum absolute atomic E-state index is 0.0321. The summed E-state index contributed by atoms with van der Waals surface area (Å²) in [5.41, 5.74) is 0.306. The highest BCUT2D eigenvalue weighted by atomic mass is 16.5. The molecule has 2 atom stereocenters. The fraction of sp³-hybridized carbons (Fsp3) is 0.643. The molecule has 1 aromatic heterocycles. The van der Waals surface area contributed by atoms with Gasteiger partial charge in [-0.15, -0.1) is 0 Å². The number of ether oxygens (including phenoxy) is 1. The Labute approximate surface area is 113 Å². The van der Waals surface area contributed by atoms with Crippen LogP contribution in [0.1, 0.15) is 36.7 Å². The molecule has 0 radical (unpaired) electrons. The van der Waals surface area contributed by atoms with Crippen LogP contribution < -0.4 is 0 Å². The SMILES string of the molecule is C[C@H]1CO[C@]2(CCCN(C(=O)c3cnccn3)C2)C1. The monoisotopic (exact) mass is 261 g/mol. The van der Waals surface area contributed by atoms with Gasteiger partial charge in [-0.3, -0.25) is 9.78 Å². The molecule has 3 heterocycles. The van der Waals surface area contributed by atoms with Gasteiger partial charge in [-0.25, -0.2) is 4.98 Å². The summed E-state index contributed by atoms with van der Waals surface area (Å²) in [6.07, 6.45) is 7.77. The topological polar surface area (TPSA) is 55.3 Å². The number of nitrogens with zero attached hydrogens (tertiary/aromatic N) is 3. The first-order valence-electron chi connectivity index (χ1n) is 6.88. The zero-order valence-electron chi connectivity index (χ0n) is 11.2. The van der Waals surface area contributed by atoms with Crippen molar-refractivity contribution in [3.8, 4) is 0 Å². The highest BCUT2D eigenvalue weighted by molar-refractivity contribution is 5.92. The van der Waals surface area contributed by atoms with E-state index in [9.17, 15) is 4.79 Å². The molecule has 0 aliphatic carbocycles. The lowest BCUT2D eigenvalue weighted by molar-refractivity contribution is -0.0450. The fourth-order valence-electron chi connectivity index (χ4n) is 3.20. The Kier molecular flexibility index (Phi) is 3.22. The lowest BCUT2D eigenvalue weighted by atomic mass is 9.87. The average Bonchev–Trinajstić information content (AvgIpc) is 2.79. The van der Waals surface area contributed by atoms with Crippen molar-refractivity contribution in [1.29, 1.82) is 0 Å². The van der Waals surface area contributed by atoms with Crippen LogP contribution in [-0.4, -0.2) is 46.1 Å². The van der Waals surface area contributed by atoms with Crippen molar-refractivity contribution in [1.82, 2.24) is 14.9 Å². The molecule has 2 aliphatic rings. The first kappa shape index (κ1) is 12.5. The normalized spacial score (nSPS) is 30.8. The Bertz CT molecular complexity index is 461. The molecule has 0 aromatic carbocycles. The van der Waals surface area contributed by atoms with Crippen molar-refractivity contribution in [2.45, 2.75) is 31.8 Å². The summed E-state index contributed by atoms with van der Waals surface area (Å²) in [6, 6.07) is 0. The van der Waals surface area contributed by atoms with Gasteiger partial charge in [0.2, 0.25) is 0 Å². The maximum Gasteiger partial charge on any atom is 0.274 e. The highest BCUT2D eigenvalue weighted by Crippen LogP contribution is 2.37. The third kappa shape index (κ3) is 2.47. The highest BCUT2D eigenvalue weighted by Gasteiger charge is 2.43. The number of amides is 1. The van der Waals surface area contributed by atoms with Crippen molar-refractivity contribution in [2.24, 2.45) is 5.92 Å². The van der Waals surface area contributed by atoms with Crippen molar-refractivity contribution in [2.75, 3.05) is 19.7 Å². The van der Waals surface area contributed by atoms with Gasteiger partial charge in [-0.1, -0.05) is 6.92 Å². The Balaban J connectivity index is 1.74. The molecule has 0 N–H and O–H groups in total. The van der Waals surface area contributed by atoms with Crippen molar-refractivity contribution >= 4 is 5.91 Å². The zero-order valence-corrected chi connectivity index (χ0v) is 11.2. The summed E-state index contributed by atoms with van der Waals surface area (Å²) >= 11 is 0. The van der Waals surface area contributed by atoms with E-state index in [0.717, 1.165) is 32.4 Å². The zero-order chi connectivity index (χ0) is 13.3. The maximum absolute atomic E-state index is 12.4. The first-order chi connectivity index (χ1) is 9.19. The number of likely N-dealkylation sites (tertiary alicyclic amines) is 1. The van der Waals surface area contributed by atoms with E-state index >= 15 is 0 Å². The molecule has 2 saturated heterocycles. The molecule has 5 nitrogen and oxygen atoms in total. The average molecular weight is 261 g/mol. The second-order valence-corrected chi connectivity index (χ2v) is 5.72.